The second kappa shape index (κ2) is 4.52. The summed E-state index contributed by atoms with van der Waals surface area (Å²) in [5.41, 5.74) is 2.39. The van der Waals surface area contributed by atoms with Crippen LogP contribution >= 0.6 is 0 Å². The highest BCUT2D eigenvalue weighted by atomic mass is 16.3. The van der Waals surface area contributed by atoms with Crippen molar-refractivity contribution < 1.29 is 10.2 Å². The fraction of sp³-hybridized carbons (Fsp3) is 0.375. The fourth-order valence-electron chi connectivity index (χ4n) is 2.71. The Kier molecular flexibility index (Phi) is 3.20. The molecule has 0 amide bonds. The Balaban J connectivity index is 2.39. The highest BCUT2D eigenvalue weighted by Gasteiger charge is 2.30. The van der Waals surface area contributed by atoms with Gasteiger partial charge in [0.15, 0.2) is 0 Å². The van der Waals surface area contributed by atoms with E-state index in [1.807, 2.05) is 18.2 Å². The number of hydrogen-bond acceptors (Lipinski definition) is 2. The van der Waals surface area contributed by atoms with Gasteiger partial charge in [0.1, 0.15) is 5.75 Å². The highest BCUT2D eigenvalue weighted by molar-refractivity contribution is 5.41. The average Bonchev–Trinajstić information content (AvgIpc) is 2.29. The van der Waals surface area contributed by atoms with Crippen LogP contribution in [0.15, 0.2) is 47.7 Å². The van der Waals surface area contributed by atoms with Crippen molar-refractivity contribution in [3.05, 3.63) is 53.3 Å². The molecule has 1 atom stereocenters. The number of phenolic OH excluding ortho intramolecular Hbond substituents is 1. The molecule has 2 nitrogen and oxygen atoms in total. The molecule has 1 aliphatic rings. The first-order valence-corrected chi connectivity index (χ1v) is 6.31. The Bertz CT molecular complexity index is 492. The summed E-state index contributed by atoms with van der Waals surface area (Å²) >= 11 is 0. The Morgan fingerprint density at radius 3 is 2.22 bits per heavy atom. The van der Waals surface area contributed by atoms with Crippen LogP contribution in [-0.2, 0) is 5.41 Å². The van der Waals surface area contributed by atoms with Gasteiger partial charge in [0.2, 0.25) is 0 Å². The largest absolute Gasteiger partial charge is 0.512 e. The lowest BCUT2D eigenvalue weighted by Gasteiger charge is -2.34. The van der Waals surface area contributed by atoms with Crippen LogP contribution in [-0.4, -0.2) is 10.2 Å². The Morgan fingerprint density at radius 2 is 1.67 bits per heavy atom. The highest BCUT2D eigenvalue weighted by Crippen LogP contribution is 2.40. The maximum absolute atomic E-state index is 9.55. The molecule has 2 heteroatoms. The normalized spacial score (nSPS) is 20.3. The molecule has 0 aromatic heterocycles. The molecule has 0 saturated carbocycles. The molecule has 2 N–H and O–H groups in total. The van der Waals surface area contributed by atoms with Gasteiger partial charge in [-0.3, -0.25) is 0 Å². The van der Waals surface area contributed by atoms with Crippen molar-refractivity contribution >= 4 is 0 Å². The van der Waals surface area contributed by atoms with Gasteiger partial charge in [-0.05, 0) is 29.7 Å². The predicted molar refractivity (Wildman–Crippen MR) is 73.7 cm³/mol. The molecule has 96 valence electrons. The maximum Gasteiger partial charge on any atom is 0.115 e. The minimum absolute atomic E-state index is 0.0929. The van der Waals surface area contributed by atoms with Gasteiger partial charge in [-0.2, -0.15) is 0 Å². The quantitative estimate of drug-likeness (QED) is 0.823. The zero-order chi connectivity index (χ0) is 13.3. The van der Waals surface area contributed by atoms with E-state index in [1.165, 1.54) is 11.1 Å². The number of phenols is 1. The van der Waals surface area contributed by atoms with Crippen molar-refractivity contribution in [2.45, 2.75) is 32.6 Å². The summed E-state index contributed by atoms with van der Waals surface area (Å²) in [5, 5.41) is 18.9. The summed E-state index contributed by atoms with van der Waals surface area (Å²) in [7, 11) is 0. The number of benzene rings is 1. The number of aromatic hydroxyl groups is 1. The van der Waals surface area contributed by atoms with E-state index in [0.29, 0.717) is 18.1 Å². The first-order chi connectivity index (χ1) is 8.41. The van der Waals surface area contributed by atoms with Gasteiger partial charge in [0.05, 0.1) is 5.76 Å². The molecule has 0 radical (unpaired) electrons. The van der Waals surface area contributed by atoms with Crippen molar-refractivity contribution in [1.29, 1.82) is 0 Å². The molecule has 1 aliphatic carbocycles. The monoisotopic (exact) mass is 244 g/mol. The lowest BCUT2D eigenvalue weighted by molar-refractivity contribution is 0.354. The van der Waals surface area contributed by atoms with Crippen LogP contribution < -0.4 is 0 Å². The van der Waals surface area contributed by atoms with Crippen LogP contribution in [0.1, 0.15) is 32.8 Å². The summed E-state index contributed by atoms with van der Waals surface area (Å²) in [6.45, 7) is 6.49. The summed E-state index contributed by atoms with van der Waals surface area (Å²) < 4.78 is 0. The first-order valence-electron chi connectivity index (χ1n) is 6.31. The molecule has 0 saturated heterocycles. The molecule has 0 bridgehead atoms. The molecule has 18 heavy (non-hydrogen) atoms. The second-order valence-corrected chi connectivity index (χ2v) is 5.56. The van der Waals surface area contributed by atoms with E-state index in [1.54, 1.807) is 18.2 Å². The SMILES string of the molecule is CC1CC(O)=CC=C1C(C)(C)c1ccc(O)cc1. The standard InChI is InChI=1S/C16H20O2/c1-11-10-14(18)8-9-15(11)16(2,3)12-4-6-13(17)7-5-12/h4-9,11,17-18H,10H2,1-3H3. The van der Waals surface area contributed by atoms with Crippen molar-refractivity contribution in [2.75, 3.05) is 0 Å². The van der Waals surface area contributed by atoms with E-state index in [0.717, 1.165) is 0 Å². The van der Waals surface area contributed by atoms with Crippen LogP contribution in [0, 0.1) is 5.92 Å². The van der Waals surface area contributed by atoms with Crippen LogP contribution in [0.3, 0.4) is 0 Å². The number of rotatable bonds is 2. The van der Waals surface area contributed by atoms with E-state index < -0.39 is 0 Å². The van der Waals surface area contributed by atoms with Gasteiger partial charge in [0, 0.05) is 11.8 Å². The molecule has 1 unspecified atom stereocenters. The number of allylic oxidation sites excluding steroid dienone is 4. The topological polar surface area (TPSA) is 40.5 Å². The van der Waals surface area contributed by atoms with Crippen molar-refractivity contribution in [1.82, 2.24) is 0 Å². The van der Waals surface area contributed by atoms with Gasteiger partial charge in [0.25, 0.3) is 0 Å². The zero-order valence-electron chi connectivity index (χ0n) is 11.1. The third-order valence-electron chi connectivity index (χ3n) is 3.81. The van der Waals surface area contributed by atoms with Gasteiger partial charge >= 0.3 is 0 Å². The third kappa shape index (κ3) is 2.28. The van der Waals surface area contributed by atoms with Crippen molar-refractivity contribution in [2.24, 2.45) is 5.92 Å². The summed E-state index contributed by atoms with van der Waals surface area (Å²) in [6.07, 6.45) is 4.52. The molecule has 0 fully saturated rings. The van der Waals surface area contributed by atoms with Crippen LogP contribution in [0.4, 0.5) is 0 Å². The molecular formula is C16H20O2. The predicted octanol–water partition coefficient (Wildman–Crippen LogP) is 4.08. The molecular weight excluding hydrogens is 224 g/mol. The van der Waals surface area contributed by atoms with Crippen LogP contribution in [0.5, 0.6) is 5.75 Å². The Labute approximate surface area is 108 Å². The second-order valence-electron chi connectivity index (χ2n) is 5.56. The summed E-state index contributed by atoms with van der Waals surface area (Å²) in [4.78, 5) is 0. The van der Waals surface area contributed by atoms with Gasteiger partial charge in [-0.25, -0.2) is 0 Å². The molecule has 0 aliphatic heterocycles. The van der Waals surface area contributed by atoms with E-state index in [4.69, 9.17) is 0 Å². The first kappa shape index (κ1) is 12.7. The third-order valence-corrected chi connectivity index (χ3v) is 3.81. The van der Waals surface area contributed by atoms with Gasteiger partial charge in [-0.1, -0.05) is 44.6 Å². The zero-order valence-corrected chi connectivity index (χ0v) is 11.1. The lowest BCUT2D eigenvalue weighted by atomic mass is 9.70. The summed E-state index contributed by atoms with van der Waals surface area (Å²) in [6, 6.07) is 7.36. The van der Waals surface area contributed by atoms with Crippen molar-refractivity contribution in [3.63, 3.8) is 0 Å². The number of hydrogen-bond donors (Lipinski definition) is 2. The molecule has 0 heterocycles. The fourth-order valence-corrected chi connectivity index (χ4v) is 2.71. The average molecular weight is 244 g/mol. The molecule has 2 rings (SSSR count). The minimum atomic E-state index is -0.0929. The lowest BCUT2D eigenvalue weighted by Crippen LogP contribution is -2.26. The molecule has 0 spiro atoms. The van der Waals surface area contributed by atoms with E-state index in [-0.39, 0.29) is 11.2 Å². The van der Waals surface area contributed by atoms with Crippen LogP contribution in [0.25, 0.3) is 0 Å². The van der Waals surface area contributed by atoms with E-state index in [9.17, 15) is 10.2 Å². The molecule has 1 aromatic rings. The molecule has 1 aromatic carbocycles. The van der Waals surface area contributed by atoms with Gasteiger partial charge in [-0.15, -0.1) is 0 Å². The Morgan fingerprint density at radius 1 is 1.06 bits per heavy atom. The van der Waals surface area contributed by atoms with Crippen LogP contribution in [0.2, 0.25) is 0 Å². The van der Waals surface area contributed by atoms with Gasteiger partial charge < -0.3 is 10.2 Å². The summed E-state index contributed by atoms with van der Waals surface area (Å²) in [5.74, 6) is 1.07. The van der Waals surface area contributed by atoms with E-state index >= 15 is 0 Å². The maximum atomic E-state index is 9.55. The number of aliphatic hydroxyl groups is 1. The van der Waals surface area contributed by atoms with Crippen molar-refractivity contribution in [3.8, 4) is 5.75 Å². The Hall–Kier alpha value is -1.70. The van der Waals surface area contributed by atoms with E-state index in [2.05, 4.69) is 20.8 Å². The smallest absolute Gasteiger partial charge is 0.115 e. The number of aliphatic hydroxyl groups excluding tert-OH is 1. The minimum Gasteiger partial charge on any atom is -0.512 e.